The Morgan fingerprint density at radius 1 is 1.04 bits per heavy atom. The third-order valence-electron chi connectivity index (χ3n) is 8.61. The second kappa shape index (κ2) is 13.3. The van der Waals surface area contributed by atoms with Gasteiger partial charge in [-0.15, -0.1) is 0 Å². The molecule has 10 nitrogen and oxygen atoms in total. The molecule has 46 heavy (non-hydrogen) atoms. The van der Waals surface area contributed by atoms with Gasteiger partial charge in [-0.1, -0.05) is 30.3 Å². The number of rotatable bonds is 9. The maximum absolute atomic E-state index is 15.1. The van der Waals surface area contributed by atoms with E-state index in [0.29, 0.717) is 44.4 Å². The van der Waals surface area contributed by atoms with Gasteiger partial charge in [0.2, 0.25) is 21.9 Å². The lowest BCUT2D eigenvalue weighted by Crippen LogP contribution is -2.37. The van der Waals surface area contributed by atoms with E-state index in [2.05, 4.69) is 40.3 Å². The number of nitrogens with one attached hydrogen (secondary N) is 1. The number of anilines is 2. The number of primary sulfonamides is 1. The first-order valence-electron chi connectivity index (χ1n) is 15.1. The first kappa shape index (κ1) is 31.8. The van der Waals surface area contributed by atoms with Gasteiger partial charge >= 0.3 is 0 Å². The van der Waals surface area contributed by atoms with Crippen LogP contribution in [0, 0.1) is 24.5 Å². The van der Waals surface area contributed by atoms with E-state index in [-0.39, 0.29) is 22.9 Å². The van der Waals surface area contributed by atoms with Crippen LogP contribution in [0.5, 0.6) is 0 Å². The Kier molecular flexibility index (Phi) is 9.18. The SMILES string of the molecule is Cc1ccc(Cn2ccnc2NC(=O)[C@@H]2CN(Cc3cccc(S(N)(=O)=O)c3)C[C@H]2c2ccc(F)cc2F)c(N2CCOCC2)c1. The molecular formula is C33H36F2N6O4S. The molecule has 0 aliphatic carbocycles. The fourth-order valence-corrected chi connectivity index (χ4v) is 6.91. The number of benzene rings is 3. The van der Waals surface area contributed by atoms with Gasteiger partial charge in [0.25, 0.3) is 0 Å². The van der Waals surface area contributed by atoms with Crippen molar-refractivity contribution in [3.63, 3.8) is 0 Å². The molecule has 0 unspecified atom stereocenters. The molecule has 3 N–H and O–H groups in total. The quantitative estimate of drug-likeness (QED) is 0.282. The number of nitrogens with two attached hydrogens (primary N) is 1. The highest BCUT2D eigenvalue weighted by atomic mass is 32.2. The molecule has 2 saturated heterocycles. The van der Waals surface area contributed by atoms with Gasteiger partial charge in [-0.05, 0) is 53.4 Å². The highest BCUT2D eigenvalue weighted by molar-refractivity contribution is 7.89. The van der Waals surface area contributed by atoms with Crippen LogP contribution in [-0.4, -0.2) is 68.2 Å². The summed E-state index contributed by atoms with van der Waals surface area (Å²) in [6, 6.07) is 16.0. The van der Waals surface area contributed by atoms with Crippen molar-refractivity contribution in [1.82, 2.24) is 14.5 Å². The Labute approximate surface area is 266 Å². The van der Waals surface area contributed by atoms with Crippen LogP contribution in [0.15, 0.2) is 78.0 Å². The van der Waals surface area contributed by atoms with Crippen molar-refractivity contribution in [3.8, 4) is 0 Å². The number of likely N-dealkylation sites (tertiary alicyclic amines) is 1. The molecule has 0 radical (unpaired) electrons. The second-order valence-corrected chi connectivity index (χ2v) is 13.4. The molecule has 0 spiro atoms. The molecule has 1 amide bonds. The zero-order chi connectivity index (χ0) is 32.4. The number of nitrogens with zero attached hydrogens (tertiary/aromatic N) is 4. The van der Waals surface area contributed by atoms with Crippen molar-refractivity contribution >= 4 is 27.6 Å². The molecule has 0 saturated carbocycles. The average molecular weight is 651 g/mol. The van der Waals surface area contributed by atoms with Gasteiger partial charge < -0.3 is 14.2 Å². The smallest absolute Gasteiger partial charge is 0.238 e. The van der Waals surface area contributed by atoms with Crippen molar-refractivity contribution in [2.45, 2.75) is 30.8 Å². The molecule has 13 heteroatoms. The zero-order valence-corrected chi connectivity index (χ0v) is 26.2. The van der Waals surface area contributed by atoms with Crippen molar-refractivity contribution in [1.29, 1.82) is 0 Å². The molecule has 2 fully saturated rings. The van der Waals surface area contributed by atoms with E-state index in [0.717, 1.165) is 36.0 Å². The standard InChI is InChI=1S/C33H36F2N6O4S/c1-22-5-6-24(31(15-22)40-11-13-45-14-12-40)19-41-10-9-37-33(41)38-32(42)29-21-39(18-23-3-2-4-26(16-23)46(36,43)44)20-28(29)27-8-7-25(34)17-30(27)35/h2-10,15-17,28-29H,11-14,18-21H2,1H3,(H2,36,43,44)(H,37,38,42)/t28-,29+/m0/s1. The minimum Gasteiger partial charge on any atom is -0.378 e. The van der Waals surface area contributed by atoms with Crippen LogP contribution in [0.1, 0.15) is 28.2 Å². The molecule has 4 aromatic rings. The molecule has 6 rings (SSSR count). The van der Waals surface area contributed by atoms with Gasteiger partial charge in [0, 0.05) is 62.8 Å². The molecule has 2 aliphatic rings. The van der Waals surface area contributed by atoms with Gasteiger partial charge in [-0.2, -0.15) is 0 Å². The van der Waals surface area contributed by atoms with Crippen molar-refractivity contribution in [2.75, 3.05) is 49.6 Å². The Morgan fingerprint density at radius 2 is 1.85 bits per heavy atom. The second-order valence-electron chi connectivity index (χ2n) is 11.9. The molecule has 2 atom stereocenters. The number of halogens is 2. The number of morpholine rings is 1. The minimum absolute atomic E-state index is 0.0168. The predicted octanol–water partition coefficient (Wildman–Crippen LogP) is 3.86. The number of sulfonamides is 1. The summed E-state index contributed by atoms with van der Waals surface area (Å²) in [6.07, 6.45) is 3.42. The summed E-state index contributed by atoms with van der Waals surface area (Å²) in [5, 5.41) is 8.29. The molecule has 2 aliphatic heterocycles. The number of ether oxygens (including phenoxy) is 1. The van der Waals surface area contributed by atoms with Crippen molar-refractivity contribution in [2.24, 2.45) is 11.1 Å². The van der Waals surface area contributed by atoms with Gasteiger partial charge in [0.1, 0.15) is 11.6 Å². The van der Waals surface area contributed by atoms with Gasteiger partial charge in [0.15, 0.2) is 0 Å². The van der Waals surface area contributed by atoms with Crippen LogP contribution in [0.2, 0.25) is 0 Å². The minimum atomic E-state index is -3.90. The molecule has 0 bridgehead atoms. The zero-order valence-electron chi connectivity index (χ0n) is 25.4. The van der Waals surface area contributed by atoms with E-state index < -0.39 is 33.5 Å². The summed E-state index contributed by atoms with van der Waals surface area (Å²) in [4.78, 5) is 22.6. The topological polar surface area (TPSA) is 123 Å². The van der Waals surface area contributed by atoms with E-state index in [4.69, 9.17) is 9.88 Å². The number of aryl methyl sites for hydroxylation is 1. The fourth-order valence-electron chi connectivity index (χ4n) is 6.33. The lowest BCUT2D eigenvalue weighted by molar-refractivity contribution is -0.120. The highest BCUT2D eigenvalue weighted by Crippen LogP contribution is 2.36. The van der Waals surface area contributed by atoms with Crippen molar-refractivity contribution < 1.29 is 26.7 Å². The lowest BCUT2D eigenvalue weighted by atomic mass is 9.88. The summed E-state index contributed by atoms with van der Waals surface area (Å²) >= 11 is 0. The van der Waals surface area contributed by atoms with Crippen molar-refractivity contribution in [3.05, 3.63) is 107 Å². The van der Waals surface area contributed by atoms with Crippen LogP contribution in [0.3, 0.4) is 0 Å². The highest BCUT2D eigenvalue weighted by Gasteiger charge is 2.40. The normalized spacial score (nSPS) is 19.0. The third-order valence-corrected chi connectivity index (χ3v) is 9.52. The average Bonchev–Trinajstić information content (AvgIpc) is 3.64. The van der Waals surface area contributed by atoms with E-state index in [1.165, 1.54) is 24.3 Å². The Bertz CT molecular complexity index is 1840. The van der Waals surface area contributed by atoms with Crippen LogP contribution >= 0.6 is 0 Å². The molecule has 1 aromatic heterocycles. The van der Waals surface area contributed by atoms with Crippen LogP contribution < -0.4 is 15.4 Å². The number of hydrogen-bond acceptors (Lipinski definition) is 7. The number of carbonyl (C=O) groups excluding carboxylic acids is 1. The Balaban J connectivity index is 1.24. The van der Waals surface area contributed by atoms with E-state index in [9.17, 15) is 17.6 Å². The van der Waals surface area contributed by atoms with E-state index in [1.807, 2.05) is 9.47 Å². The number of imidazole rings is 1. The number of amides is 1. The summed E-state index contributed by atoms with van der Waals surface area (Å²) in [5.41, 5.74) is 4.24. The predicted molar refractivity (Wildman–Crippen MR) is 170 cm³/mol. The summed E-state index contributed by atoms with van der Waals surface area (Å²) in [5.74, 6) is -2.70. The summed E-state index contributed by atoms with van der Waals surface area (Å²) in [7, 11) is -3.90. The first-order valence-corrected chi connectivity index (χ1v) is 16.6. The molecule has 3 aromatic carbocycles. The summed E-state index contributed by atoms with van der Waals surface area (Å²) < 4.78 is 60.1. The van der Waals surface area contributed by atoms with Crippen LogP contribution in [-0.2, 0) is 32.6 Å². The first-order chi connectivity index (χ1) is 22.0. The monoisotopic (exact) mass is 650 g/mol. The maximum Gasteiger partial charge on any atom is 0.238 e. The maximum atomic E-state index is 15.1. The van der Waals surface area contributed by atoms with Gasteiger partial charge in [0.05, 0.1) is 30.6 Å². The fraction of sp³-hybridized carbons (Fsp3) is 0.333. The van der Waals surface area contributed by atoms with Gasteiger partial charge in [-0.3, -0.25) is 15.0 Å². The molecule has 242 valence electrons. The number of hydrogen-bond donors (Lipinski definition) is 2. The third kappa shape index (κ3) is 7.12. The molecule has 3 heterocycles. The van der Waals surface area contributed by atoms with Crippen LogP contribution in [0.4, 0.5) is 20.4 Å². The lowest BCUT2D eigenvalue weighted by Gasteiger charge is -2.31. The number of aromatic nitrogens is 2. The Hall–Kier alpha value is -4.17. The number of carbonyl (C=O) groups is 1. The molecular weight excluding hydrogens is 614 g/mol. The largest absolute Gasteiger partial charge is 0.378 e. The Morgan fingerprint density at radius 3 is 2.61 bits per heavy atom. The van der Waals surface area contributed by atoms with Gasteiger partial charge in [-0.25, -0.2) is 27.3 Å². The van der Waals surface area contributed by atoms with Crippen LogP contribution in [0.25, 0.3) is 0 Å². The summed E-state index contributed by atoms with van der Waals surface area (Å²) in [6.45, 7) is 6.27. The van der Waals surface area contributed by atoms with E-state index in [1.54, 1.807) is 24.5 Å². The van der Waals surface area contributed by atoms with E-state index >= 15 is 4.39 Å².